The van der Waals surface area contributed by atoms with Crippen LogP contribution in [-0.4, -0.2) is 47.3 Å². The molecule has 1 unspecified atom stereocenters. The number of nitrogens with one attached hydrogen (secondary N) is 1. The molecule has 2 heterocycles. The van der Waals surface area contributed by atoms with Gasteiger partial charge in [-0.25, -0.2) is 9.78 Å². The highest BCUT2D eigenvalue weighted by Gasteiger charge is 2.33. The number of aromatic nitrogens is 1. The molecule has 0 spiro atoms. The van der Waals surface area contributed by atoms with Gasteiger partial charge in [-0.1, -0.05) is 30.3 Å². The van der Waals surface area contributed by atoms with Crippen molar-refractivity contribution in [3.63, 3.8) is 0 Å². The molecular formula is C19H25N3O2S. The van der Waals surface area contributed by atoms with Crippen LogP contribution in [0.5, 0.6) is 0 Å². The lowest BCUT2D eigenvalue weighted by molar-refractivity contribution is -0.117. The zero-order chi connectivity index (χ0) is 17.9. The largest absolute Gasteiger partial charge is 0.369 e. The normalized spacial score (nSPS) is 19.6. The Morgan fingerprint density at radius 1 is 1.40 bits per heavy atom. The van der Waals surface area contributed by atoms with Crippen molar-refractivity contribution >= 4 is 17.4 Å². The number of carbonyl (C=O) groups is 1. The first-order valence-corrected chi connectivity index (χ1v) is 9.51. The van der Waals surface area contributed by atoms with Gasteiger partial charge in [0.25, 0.3) is 0 Å². The first-order chi connectivity index (χ1) is 11.9. The minimum atomic E-state index is -0.297. The number of urea groups is 1. The molecule has 0 saturated carbocycles. The lowest BCUT2D eigenvalue weighted by Gasteiger charge is -2.41. The standard InChI is InChI=1S/C19H25N3O2S/c1-14-11-22(13-19(2,3)24-14)18(23)20-10-9-16-12-25-17(21-16)15-7-5-4-6-8-15/h4-8,12,14H,9-11,13H2,1-3H3,(H,20,23). The van der Waals surface area contributed by atoms with E-state index < -0.39 is 0 Å². The molecule has 0 radical (unpaired) electrons. The molecular weight excluding hydrogens is 334 g/mol. The van der Waals surface area contributed by atoms with E-state index in [1.54, 1.807) is 11.3 Å². The maximum absolute atomic E-state index is 12.4. The monoisotopic (exact) mass is 359 g/mol. The summed E-state index contributed by atoms with van der Waals surface area (Å²) in [7, 11) is 0. The summed E-state index contributed by atoms with van der Waals surface area (Å²) in [5, 5.41) is 6.09. The highest BCUT2D eigenvalue weighted by Crippen LogP contribution is 2.23. The van der Waals surface area contributed by atoms with Gasteiger partial charge in [0.05, 0.1) is 23.9 Å². The highest BCUT2D eigenvalue weighted by molar-refractivity contribution is 7.13. The summed E-state index contributed by atoms with van der Waals surface area (Å²) in [5.41, 5.74) is 1.85. The second-order valence-electron chi connectivity index (χ2n) is 7.06. The van der Waals surface area contributed by atoms with E-state index in [1.807, 2.05) is 43.9 Å². The van der Waals surface area contributed by atoms with Crippen LogP contribution in [0.1, 0.15) is 26.5 Å². The van der Waals surface area contributed by atoms with Crippen molar-refractivity contribution in [3.05, 3.63) is 41.4 Å². The molecule has 0 aliphatic carbocycles. The molecule has 3 rings (SSSR count). The Morgan fingerprint density at radius 2 is 2.16 bits per heavy atom. The van der Waals surface area contributed by atoms with Crippen molar-refractivity contribution in [1.29, 1.82) is 0 Å². The van der Waals surface area contributed by atoms with Gasteiger partial charge in [0.2, 0.25) is 0 Å². The molecule has 1 atom stereocenters. The van der Waals surface area contributed by atoms with Gasteiger partial charge in [-0.3, -0.25) is 0 Å². The Kier molecular flexibility index (Phi) is 5.39. The van der Waals surface area contributed by atoms with Gasteiger partial charge in [-0.2, -0.15) is 0 Å². The van der Waals surface area contributed by atoms with Gasteiger partial charge < -0.3 is 15.0 Å². The molecule has 134 valence electrons. The number of benzene rings is 1. The first-order valence-electron chi connectivity index (χ1n) is 8.63. The number of amides is 2. The fourth-order valence-electron chi connectivity index (χ4n) is 3.15. The van der Waals surface area contributed by atoms with Gasteiger partial charge in [-0.05, 0) is 20.8 Å². The molecule has 0 bridgehead atoms. The van der Waals surface area contributed by atoms with Crippen molar-refractivity contribution in [2.45, 2.75) is 38.9 Å². The lowest BCUT2D eigenvalue weighted by Crippen LogP contribution is -2.56. The summed E-state index contributed by atoms with van der Waals surface area (Å²) in [6, 6.07) is 10.1. The average molecular weight is 359 g/mol. The molecule has 2 aromatic rings. The van der Waals surface area contributed by atoms with Crippen LogP contribution in [0, 0.1) is 0 Å². The lowest BCUT2D eigenvalue weighted by atomic mass is 10.1. The van der Waals surface area contributed by atoms with Crippen molar-refractivity contribution < 1.29 is 9.53 Å². The maximum atomic E-state index is 12.4. The summed E-state index contributed by atoms with van der Waals surface area (Å²) in [6.45, 7) is 7.86. The third kappa shape index (κ3) is 4.80. The minimum absolute atomic E-state index is 0.0262. The van der Waals surface area contributed by atoms with Gasteiger partial charge in [-0.15, -0.1) is 11.3 Å². The Labute approximate surface area is 153 Å². The molecule has 1 aliphatic heterocycles. The van der Waals surface area contributed by atoms with Gasteiger partial charge in [0, 0.05) is 30.5 Å². The van der Waals surface area contributed by atoms with Crippen molar-refractivity contribution in [3.8, 4) is 10.6 Å². The van der Waals surface area contributed by atoms with E-state index in [1.165, 1.54) is 0 Å². The summed E-state index contributed by atoms with van der Waals surface area (Å²) < 4.78 is 5.84. The van der Waals surface area contributed by atoms with Crippen LogP contribution in [0.25, 0.3) is 10.6 Å². The predicted molar refractivity (Wildman–Crippen MR) is 101 cm³/mol. The third-order valence-corrected chi connectivity index (χ3v) is 5.03. The van der Waals surface area contributed by atoms with Gasteiger partial charge in [0.1, 0.15) is 5.01 Å². The molecule has 1 N–H and O–H groups in total. The topological polar surface area (TPSA) is 54.5 Å². The van der Waals surface area contributed by atoms with Crippen LogP contribution in [0.3, 0.4) is 0 Å². The quantitative estimate of drug-likeness (QED) is 0.908. The first kappa shape index (κ1) is 17.9. The SMILES string of the molecule is CC1CN(C(=O)NCCc2csc(-c3ccccc3)n2)CC(C)(C)O1. The smallest absolute Gasteiger partial charge is 0.317 e. The molecule has 6 heteroatoms. The number of thiazole rings is 1. The van der Waals surface area contributed by atoms with Crippen LogP contribution in [-0.2, 0) is 11.2 Å². The summed E-state index contributed by atoms with van der Waals surface area (Å²) in [5.74, 6) is 0. The van der Waals surface area contributed by atoms with Crippen molar-refractivity contribution in [1.82, 2.24) is 15.2 Å². The number of carbonyl (C=O) groups excluding carboxylic acids is 1. The van der Waals surface area contributed by atoms with E-state index in [0.29, 0.717) is 19.6 Å². The number of morpholine rings is 1. The Morgan fingerprint density at radius 3 is 2.88 bits per heavy atom. The van der Waals surface area contributed by atoms with Gasteiger partial charge >= 0.3 is 6.03 Å². The Bertz CT molecular complexity index is 714. The molecule has 1 aliphatic rings. The average Bonchev–Trinajstić information content (AvgIpc) is 3.02. The van der Waals surface area contributed by atoms with E-state index in [4.69, 9.17) is 4.74 Å². The van der Waals surface area contributed by atoms with Crippen LogP contribution in [0.4, 0.5) is 4.79 Å². The number of hydrogen-bond acceptors (Lipinski definition) is 4. The van der Waals surface area contributed by atoms with E-state index in [2.05, 4.69) is 27.8 Å². The summed E-state index contributed by atoms with van der Waals surface area (Å²) in [4.78, 5) is 18.9. The van der Waals surface area contributed by atoms with Gasteiger partial charge in [0.15, 0.2) is 0 Å². The molecule has 2 amide bonds. The number of hydrogen-bond donors (Lipinski definition) is 1. The molecule has 1 aromatic carbocycles. The van der Waals surface area contributed by atoms with Crippen molar-refractivity contribution in [2.75, 3.05) is 19.6 Å². The second kappa shape index (κ2) is 7.54. The van der Waals surface area contributed by atoms with Crippen LogP contribution >= 0.6 is 11.3 Å². The molecule has 1 fully saturated rings. The molecule has 1 aromatic heterocycles. The zero-order valence-electron chi connectivity index (χ0n) is 15.0. The van der Waals surface area contributed by atoms with Crippen LogP contribution in [0.2, 0.25) is 0 Å². The second-order valence-corrected chi connectivity index (χ2v) is 7.92. The minimum Gasteiger partial charge on any atom is -0.369 e. The summed E-state index contributed by atoms with van der Waals surface area (Å²) >= 11 is 1.64. The predicted octanol–water partition coefficient (Wildman–Crippen LogP) is 3.56. The fourth-order valence-corrected chi connectivity index (χ4v) is 4.01. The third-order valence-electron chi connectivity index (χ3n) is 4.09. The molecule has 5 nitrogen and oxygen atoms in total. The fraction of sp³-hybridized carbons (Fsp3) is 0.474. The number of ether oxygens (including phenoxy) is 1. The highest BCUT2D eigenvalue weighted by atomic mass is 32.1. The van der Waals surface area contributed by atoms with Crippen LogP contribution in [0.15, 0.2) is 35.7 Å². The van der Waals surface area contributed by atoms with E-state index in [-0.39, 0.29) is 17.7 Å². The Balaban J connectivity index is 1.50. The van der Waals surface area contributed by atoms with E-state index in [9.17, 15) is 4.79 Å². The van der Waals surface area contributed by atoms with E-state index >= 15 is 0 Å². The molecule has 1 saturated heterocycles. The zero-order valence-corrected chi connectivity index (χ0v) is 15.8. The number of rotatable bonds is 4. The summed E-state index contributed by atoms with van der Waals surface area (Å²) in [6.07, 6.45) is 0.791. The number of nitrogens with zero attached hydrogens (tertiary/aromatic N) is 2. The van der Waals surface area contributed by atoms with Crippen LogP contribution < -0.4 is 5.32 Å². The maximum Gasteiger partial charge on any atom is 0.317 e. The Hall–Kier alpha value is -1.92. The molecule has 25 heavy (non-hydrogen) atoms. The van der Waals surface area contributed by atoms with E-state index in [0.717, 1.165) is 22.7 Å². The van der Waals surface area contributed by atoms with Crippen molar-refractivity contribution in [2.24, 2.45) is 0 Å².